The van der Waals surface area contributed by atoms with Gasteiger partial charge in [0, 0.05) is 17.9 Å². The van der Waals surface area contributed by atoms with Crippen LogP contribution in [0.25, 0.3) is 0 Å². The van der Waals surface area contributed by atoms with Crippen molar-refractivity contribution in [2.75, 3.05) is 22.1 Å². The molecule has 6 nitrogen and oxygen atoms in total. The van der Waals surface area contributed by atoms with Crippen molar-refractivity contribution in [3.63, 3.8) is 0 Å². The number of para-hydroxylation sites is 2. The Balaban J connectivity index is 1.62. The number of halogens is 2. The van der Waals surface area contributed by atoms with Crippen LogP contribution in [-0.4, -0.2) is 24.3 Å². The Kier molecular flexibility index (Phi) is 5.18. The third-order valence-electron chi connectivity index (χ3n) is 3.84. The maximum absolute atomic E-state index is 13.7. The minimum absolute atomic E-state index is 0.00505. The van der Waals surface area contributed by atoms with Crippen LogP contribution in [0.1, 0.15) is 12.8 Å². The number of rotatable bonds is 4. The van der Waals surface area contributed by atoms with Crippen molar-refractivity contribution in [1.29, 1.82) is 0 Å². The van der Waals surface area contributed by atoms with Gasteiger partial charge in [-0.05, 0) is 30.3 Å². The molecule has 26 heavy (non-hydrogen) atoms. The van der Waals surface area contributed by atoms with Crippen LogP contribution in [0.5, 0.6) is 0 Å². The Morgan fingerprint density at radius 2 is 1.96 bits per heavy atom. The van der Waals surface area contributed by atoms with Gasteiger partial charge in [0.25, 0.3) is 0 Å². The Bertz CT molecular complexity index is 888. The Morgan fingerprint density at radius 3 is 2.73 bits per heavy atom. The summed E-state index contributed by atoms with van der Waals surface area (Å²) in [6.07, 6.45) is -0.246. The highest BCUT2D eigenvalue weighted by atomic mass is 35.5. The van der Waals surface area contributed by atoms with Crippen LogP contribution >= 0.6 is 11.6 Å². The van der Waals surface area contributed by atoms with Crippen LogP contribution in [0, 0.1) is 5.82 Å². The zero-order valence-electron chi connectivity index (χ0n) is 13.6. The average molecular weight is 376 g/mol. The summed E-state index contributed by atoms with van der Waals surface area (Å²) in [5.74, 6) is -1.82. The fraction of sp³-hybridized carbons (Fsp3) is 0.167. The van der Waals surface area contributed by atoms with Gasteiger partial charge in [-0.2, -0.15) is 0 Å². The number of carbonyl (C=O) groups is 3. The zero-order chi connectivity index (χ0) is 18.7. The molecule has 1 aliphatic rings. The summed E-state index contributed by atoms with van der Waals surface area (Å²) in [5, 5.41) is 5.31. The van der Waals surface area contributed by atoms with Crippen molar-refractivity contribution < 1.29 is 18.8 Å². The lowest BCUT2D eigenvalue weighted by molar-refractivity contribution is -0.124. The molecule has 0 aromatic heterocycles. The van der Waals surface area contributed by atoms with Gasteiger partial charge in [-0.3, -0.25) is 14.4 Å². The highest BCUT2D eigenvalue weighted by molar-refractivity contribution is 6.30. The first-order valence-electron chi connectivity index (χ1n) is 7.88. The zero-order valence-corrected chi connectivity index (χ0v) is 14.3. The molecule has 1 aliphatic heterocycles. The molecule has 2 aromatic rings. The van der Waals surface area contributed by atoms with Gasteiger partial charge in [0.2, 0.25) is 17.7 Å². The fourth-order valence-corrected chi connectivity index (χ4v) is 2.77. The van der Waals surface area contributed by atoms with Crippen LogP contribution in [0.4, 0.5) is 21.5 Å². The summed E-state index contributed by atoms with van der Waals surface area (Å²) in [4.78, 5) is 37.5. The summed E-state index contributed by atoms with van der Waals surface area (Å²) in [5.41, 5.74) is 1.13. The third-order valence-corrected chi connectivity index (χ3v) is 4.08. The van der Waals surface area contributed by atoms with Gasteiger partial charge in [0.15, 0.2) is 0 Å². The largest absolute Gasteiger partial charge is 0.324 e. The molecule has 0 saturated carbocycles. The van der Waals surface area contributed by atoms with Crippen molar-refractivity contribution >= 4 is 46.4 Å². The van der Waals surface area contributed by atoms with Gasteiger partial charge in [-0.1, -0.05) is 23.7 Å². The number of amides is 3. The van der Waals surface area contributed by atoms with Crippen molar-refractivity contribution in [3.05, 3.63) is 53.3 Å². The molecule has 0 bridgehead atoms. The molecule has 134 valence electrons. The van der Waals surface area contributed by atoms with Crippen LogP contribution in [-0.2, 0) is 14.4 Å². The molecule has 2 N–H and O–H groups in total. The molecular weight excluding hydrogens is 361 g/mol. The highest BCUT2D eigenvalue weighted by Crippen LogP contribution is 2.29. The average Bonchev–Trinajstić information content (AvgIpc) is 2.61. The molecular formula is C18H15ClFN3O3. The van der Waals surface area contributed by atoms with Gasteiger partial charge in [-0.15, -0.1) is 0 Å². The number of hydrogen-bond acceptors (Lipinski definition) is 3. The first-order chi connectivity index (χ1) is 12.4. The van der Waals surface area contributed by atoms with E-state index in [0.29, 0.717) is 11.4 Å². The molecule has 8 heteroatoms. The SMILES string of the molecule is O=C(CCC(=O)N1CC(=O)Nc2ccccc21)Nc1ccc(Cl)cc1F. The van der Waals surface area contributed by atoms with E-state index in [9.17, 15) is 18.8 Å². The second-order valence-corrected chi connectivity index (χ2v) is 6.15. The summed E-state index contributed by atoms with van der Waals surface area (Å²) in [7, 11) is 0. The van der Waals surface area contributed by atoms with Gasteiger partial charge >= 0.3 is 0 Å². The second kappa shape index (κ2) is 7.53. The Labute approximate surface area is 153 Å². The van der Waals surface area contributed by atoms with Crippen LogP contribution in [0.3, 0.4) is 0 Å². The van der Waals surface area contributed by atoms with E-state index >= 15 is 0 Å². The molecule has 2 aromatic carbocycles. The molecule has 3 rings (SSSR count). The predicted molar refractivity (Wildman–Crippen MR) is 96.7 cm³/mol. The normalized spacial score (nSPS) is 13.0. The van der Waals surface area contributed by atoms with Crippen molar-refractivity contribution in [2.45, 2.75) is 12.8 Å². The summed E-state index contributed by atoms with van der Waals surface area (Å²) >= 11 is 5.66. The van der Waals surface area contributed by atoms with Crippen molar-refractivity contribution in [1.82, 2.24) is 0 Å². The maximum atomic E-state index is 13.7. The molecule has 0 fully saturated rings. The lowest BCUT2D eigenvalue weighted by Crippen LogP contribution is -2.42. The minimum Gasteiger partial charge on any atom is -0.324 e. The number of fused-ring (bicyclic) bond motifs is 1. The second-order valence-electron chi connectivity index (χ2n) is 5.72. The van der Waals surface area contributed by atoms with E-state index in [1.165, 1.54) is 17.0 Å². The summed E-state index contributed by atoms with van der Waals surface area (Å²) in [6, 6.07) is 10.8. The van der Waals surface area contributed by atoms with E-state index in [2.05, 4.69) is 10.6 Å². The summed E-state index contributed by atoms with van der Waals surface area (Å²) in [6.45, 7) is -0.108. The third kappa shape index (κ3) is 4.00. The Hall–Kier alpha value is -2.93. The number of nitrogens with zero attached hydrogens (tertiary/aromatic N) is 1. The summed E-state index contributed by atoms with van der Waals surface area (Å²) < 4.78 is 13.7. The smallest absolute Gasteiger partial charge is 0.244 e. The highest BCUT2D eigenvalue weighted by Gasteiger charge is 2.26. The molecule has 3 amide bonds. The number of anilines is 3. The van der Waals surface area contributed by atoms with E-state index in [1.54, 1.807) is 24.3 Å². The van der Waals surface area contributed by atoms with Gasteiger partial charge < -0.3 is 15.5 Å². The quantitative estimate of drug-likeness (QED) is 0.861. The first-order valence-corrected chi connectivity index (χ1v) is 8.26. The Morgan fingerprint density at radius 1 is 1.19 bits per heavy atom. The molecule has 0 atom stereocenters. The maximum Gasteiger partial charge on any atom is 0.244 e. The molecule has 0 unspecified atom stereocenters. The molecule has 0 spiro atoms. The number of nitrogens with one attached hydrogen (secondary N) is 2. The number of benzene rings is 2. The van der Waals surface area contributed by atoms with E-state index in [1.807, 2.05) is 0 Å². The monoisotopic (exact) mass is 375 g/mol. The predicted octanol–water partition coefficient (Wildman–Crippen LogP) is 3.18. The van der Waals surface area contributed by atoms with E-state index in [-0.39, 0.29) is 41.9 Å². The van der Waals surface area contributed by atoms with Crippen LogP contribution in [0.2, 0.25) is 5.02 Å². The van der Waals surface area contributed by atoms with Gasteiger partial charge in [0.1, 0.15) is 12.4 Å². The molecule has 1 heterocycles. The first kappa shape index (κ1) is 17.9. The minimum atomic E-state index is -0.654. The van der Waals surface area contributed by atoms with E-state index in [4.69, 9.17) is 11.6 Å². The van der Waals surface area contributed by atoms with Crippen molar-refractivity contribution in [2.24, 2.45) is 0 Å². The topological polar surface area (TPSA) is 78.5 Å². The molecule has 0 saturated heterocycles. The molecule has 0 radical (unpaired) electrons. The standard InChI is InChI=1S/C18H15ClFN3O3/c19-11-5-6-13(12(20)9-11)21-16(24)7-8-18(26)23-10-17(25)22-14-3-1-2-4-15(14)23/h1-6,9H,7-8,10H2,(H,21,24)(H,22,25). The number of carbonyl (C=O) groups excluding carboxylic acids is 3. The van der Waals surface area contributed by atoms with E-state index in [0.717, 1.165) is 6.07 Å². The van der Waals surface area contributed by atoms with Crippen LogP contribution < -0.4 is 15.5 Å². The van der Waals surface area contributed by atoms with Gasteiger partial charge in [-0.25, -0.2) is 4.39 Å². The fourth-order valence-electron chi connectivity index (χ4n) is 2.61. The van der Waals surface area contributed by atoms with Crippen molar-refractivity contribution in [3.8, 4) is 0 Å². The molecule has 0 aliphatic carbocycles. The lowest BCUT2D eigenvalue weighted by Gasteiger charge is -2.29. The lowest BCUT2D eigenvalue weighted by atomic mass is 10.1. The van der Waals surface area contributed by atoms with Gasteiger partial charge in [0.05, 0.1) is 17.1 Å². The number of hydrogen-bond donors (Lipinski definition) is 2. The van der Waals surface area contributed by atoms with Crippen LogP contribution in [0.15, 0.2) is 42.5 Å². The van der Waals surface area contributed by atoms with E-state index < -0.39 is 11.7 Å².